The third kappa shape index (κ3) is 4.04. The first-order valence-corrected chi connectivity index (χ1v) is 6.11. The van der Waals surface area contributed by atoms with Crippen molar-refractivity contribution in [3.63, 3.8) is 0 Å². The normalized spacial score (nSPS) is 13.7. The summed E-state index contributed by atoms with van der Waals surface area (Å²) in [7, 11) is 0. The maximum atomic E-state index is 11.5. The Morgan fingerprint density at radius 2 is 1.83 bits per heavy atom. The third-order valence-electron chi connectivity index (χ3n) is 2.54. The van der Waals surface area contributed by atoms with Gasteiger partial charge in [-0.1, -0.05) is 30.3 Å². The number of carbonyl (C=O) groups is 1. The highest BCUT2D eigenvalue weighted by atomic mass is 16.7. The van der Waals surface area contributed by atoms with Gasteiger partial charge in [-0.3, -0.25) is 0 Å². The van der Waals surface area contributed by atoms with Gasteiger partial charge in [-0.15, -0.1) is 0 Å². The van der Waals surface area contributed by atoms with Crippen LogP contribution >= 0.6 is 0 Å². The summed E-state index contributed by atoms with van der Waals surface area (Å²) in [6.07, 6.45) is -0.677. The molecule has 0 saturated carbocycles. The molecule has 0 radical (unpaired) electrons. The maximum absolute atomic E-state index is 11.5. The summed E-state index contributed by atoms with van der Waals surface area (Å²) in [5, 5.41) is 0. The summed E-state index contributed by atoms with van der Waals surface area (Å²) >= 11 is 0. The molecule has 0 N–H and O–H groups in total. The molecule has 1 rings (SSSR count). The van der Waals surface area contributed by atoms with Gasteiger partial charge in [0.05, 0.1) is 13.2 Å². The van der Waals surface area contributed by atoms with Crippen LogP contribution in [0.2, 0.25) is 0 Å². The molecule has 4 heteroatoms. The second-order valence-corrected chi connectivity index (χ2v) is 4.02. The molecule has 4 nitrogen and oxygen atoms in total. The van der Waals surface area contributed by atoms with E-state index in [1.807, 2.05) is 44.2 Å². The highest BCUT2D eigenvalue weighted by molar-refractivity contribution is 5.61. The fourth-order valence-corrected chi connectivity index (χ4v) is 1.59. The molecule has 0 saturated heterocycles. The van der Waals surface area contributed by atoms with Crippen molar-refractivity contribution in [3.05, 3.63) is 35.9 Å². The minimum absolute atomic E-state index is 0.290. The zero-order chi connectivity index (χ0) is 13.4. The van der Waals surface area contributed by atoms with Crippen molar-refractivity contribution in [2.75, 3.05) is 19.8 Å². The van der Waals surface area contributed by atoms with E-state index in [1.54, 1.807) is 6.92 Å². The van der Waals surface area contributed by atoms with Gasteiger partial charge in [0.1, 0.15) is 0 Å². The lowest BCUT2D eigenvalue weighted by molar-refractivity contribution is -0.0727. The van der Waals surface area contributed by atoms with Crippen LogP contribution in [0.25, 0.3) is 0 Å². The van der Waals surface area contributed by atoms with Crippen LogP contribution in [-0.4, -0.2) is 26.0 Å². The van der Waals surface area contributed by atoms with Crippen LogP contribution in [0.5, 0.6) is 0 Å². The molecule has 0 heterocycles. The smallest absolute Gasteiger partial charge is 0.435 e. The van der Waals surface area contributed by atoms with E-state index in [2.05, 4.69) is 0 Å². The van der Waals surface area contributed by atoms with Crippen molar-refractivity contribution in [2.24, 2.45) is 0 Å². The molecule has 0 aliphatic carbocycles. The van der Waals surface area contributed by atoms with E-state index < -0.39 is 11.8 Å². The van der Waals surface area contributed by atoms with Crippen LogP contribution in [0.1, 0.15) is 26.3 Å². The Morgan fingerprint density at radius 1 is 1.17 bits per heavy atom. The lowest BCUT2D eigenvalue weighted by atomic mass is 9.97. The van der Waals surface area contributed by atoms with Crippen molar-refractivity contribution in [1.29, 1.82) is 0 Å². The van der Waals surface area contributed by atoms with Crippen LogP contribution in [0.3, 0.4) is 0 Å². The first-order valence-electron chi connectivity index (χ1n) is 6.11. The Kier molecular flexibility index (Phi) is 5.65. The van der Waals surface area contributed by atoms with Crippen molar-refractivity contribution < 1.29 is 19.0 Å². The molecule has 0 bridgehead atoms. The molecule has 1 aromatic carbocycles. The topological polar surface area (TPSA) is 44.8 Å². The van der Waals surface area contributed by atoms with E-state index in [1.165, 1.54) is 0 Å². The summed E-state index contributed by atoms with van der Waals surface area (Å²) in [4.78, 5) is 11.5. The second-order valence-electron chi connectivity index (χ2n) is 4.02. The van der Waals surface area contributed by atoms with E-state index in [-0.39, 0.29) is 0 Å². The Labute approximate surface area is 108 Å². The van der Waals surface area contributed by atoms with Gasteiger partial charge in [0.25, 0.3) is 0 Å². The second kappa shape index (κ2) is 7.01. The van der Waals surface area contributed by atoms with Gasteiger partial charge in [-0.05, 0) is 26.3 Å². The summed E-state index contributed by atoms with van der Waals surface area (Å²) in [5.41, 5.74) is 0.0512. The minimum atomic E-state index is -0.830. The van der Waals surface area contributed by atoms with Gasteiger partial charge in [-0.2, -0.15) is 0 Å². The van der Waals surface area contributed by atoms with Crippen molar-refractivity contribution in [3.8, 4) is 0 Å². The summed E-state index contributed by atoms with van der Waals surface area (Å²) in [6, 6.07) is 9.51. The zero-order valence-electron chi connectivity index (χ0n) is 11.1. The molecule has 18 heavy (non-hydrogen) atoms. The van der Waals surface area contributed by atoms with E-state index in [0.29, 0.717) is 19.8 Å². The number of hydrogen-bond acceptors (Lipinski definition) is 4. The molecule has 0 amide bonds. The molecule has 100 valence electrons. The van der Waals surface area contributed by atoms with Crippen LogP contribution in [-0.2, 0) is 19.8 Å². The quantitative estimate of drug-likeness (QED) is 0.730. The molecule has 0 spiro atoms. The summed E-state index contributed by atoms with van der Waals surface area (Å²) in [6.45, 7) is 6.60. The van der Waals surface area contributed by atoms with Crippen LogP contribution in [0.4, 0.5) is 4.79 Å². The number of hydrogen-bond donors (Lipinski definition) is 0. The Balaban J connectivity index is 2.84. The first-order chi connectivity index (χ1) is 8.62. The largest absolute Gasteiger partial charge is 0.509 e. The van der Waals surface area contributed by atoms with E-state index in [0.717, 1.165) is 5.56 Å². The Morgan fingerprint density at radius 3 is 2.39 bits per heavy atom. The van der Waals surface area contributed by atoms with Crippen LogP contribution in [0.15, 0.2) is 30.3 Å². The average molecular weight is 252 g/mol. The molecule has 0 fully saturated rings. The lowest BCUT2D eigenvalue weighted by Gasteiger charge is -2.29. The fraction of sp³-hybridized carbons (Fsp3) is 0.500. The molecular formula is C14H20O4. The predicted octanol–water partition coefficient (Wildman–Crippen LogP) is 3.11. The average Bonchev–Trinajstić information content (AvgIpc) is 2.38. The zero-order valence-corrected chi connectivity index (χ0v) is 11.1. The number of ether oxygens (including phenoxy) is 3. The molecule has 0 aliphatic heterocycles. The highest BCUT2D eigenvalue weighted by Crippen LogP contribution is 2.26. The molecule has 1 atom stereocenters. The lowest BCUT2D eigenvalue weighted by Crippen LogP contribution is -2.34. The molecule has 1 aromatic rings. The van der Waals surface area contributed by atoms with E-state index in [4.69, 9.17) is 14.2 Å². The van der Waals surface area contributed by atoms with E-state index in [9.17, 15) is 4.79 Å². The van der Waals surface area contributed by atoms with Crippen LogP contribution in [0, 0.1) is 0 Å². The number of carbonyl (C=O) groups excluding carboxylic acids is 1. The number of benzene rings is 1. The maximum Gasteiger partial charge on any atom is 0.509 e. The minimum Gasteiger partial charge on any atom is -0.435 e. The summed E-state index contributed by atoms with van der Waals surface area (Å²) in [5.74, 6) is 0. The highest BCUT2D eigenvalue weighted by Gasteiger charge is 2.32. The fourth-order valence-electron chi connectivity index (χ4n) is 1.59. The monoisotopic (exact) mass is 252 g/mol. The van der Waals surface area contributed by atoms with E-state index >= 15 is 0 Å². The van der Waals surface area contributed by atoms with Gasteiger partial charge in [-0.25, -0.2) is 4.79 Å². The van der Waals surface area contributed by atoms with Gasteiger partial charge in [0.15, 0.2) is 5.60 Å². The van der Waals surface area contributed by atoms with Crippen molar-refractivity contribution in [1.82, 2.24) is 0 Å². The van der Waals surface area contributed by atoms with Crippen molar-refractivity contribution >= 4 is 6.16 Å². The SMILES string of the molecule is CCOCC(C)(OC(=O)OCC)c1ccccc1. The van der Waals surface area contributed by atoms with Gasteiger partial charge in [0, 0.05) is 6.61 Å². The molecule has 0 aromatic heterocycles. The number of rotatable bonds is 6. The third-order valence-corrected chi connectivity index (χ3v) is 2.54. The Bertz CT molecular complexity index is 363. The molecule has 0 aliphatic rings. The molecular weight excluding hydrogens is 232 g/mol. The van der Waals surface area contributed by atoms with Crippen LogP contribution < -0.4 is 0 Å². The van der Waals surface area contributed by atoms with Gasteiger partial charge in [0.2, 0.25) is 0 Å². The Hall–Kier alpha value is -1.55. The summed E-state index contributed by atoms with van der Waals surface area (Å²) < 4.78 is 15.6. The predicted molar refractivity (Wildman–Crippen MR) is 68.4 cm³/mol. The van der Waals surface area contributed by atoms with Crippen molar-refractivity contribution in [2.45, 2.75) is 26.4 Å². The van der Waals surface area contributed by atoms with Gasteiger partial charge >= 0.3 is 6.16 Å². The first kappa shape index (κ1) is 14.5. The van der Waals surface area contributed by atoms with Gasteiger partial charge < -0.3 is 14.2 Å². The molecule has 1 unspecified atom stereocenters. The standard InChI is InChI=1S/C14H20O4/c1-4-16-11-14(3,18-13(15)17-5-2)12-9-7-6-8-10-12/h6-10H,4-5,11H2,1-3H3.